The summed E-state index contributed by atoms with van der Waals surface area (Å²) in [6.07, 6.45) is 0.512. The Morgan fingerprint density at radius 2 is 1.92 bits per heavy atom. The van der Waals surface area contributed by atoms with E-state index >= 15 is 0 Å². The summed E-state index contributed by atoms with van der Waals surface area (Å²) in [6.45, 7) is 4.81. The highest BCUT2D eigenvalue weighted by molar-refractivity contribution is 5.99. The number of fused-ring (bicyclic) bond motifs is 1. The van der Waals surface area contributed by atoms with Gasteiger partial charge in [0, 0.05) is 18.2 Å². The molecule has 4 aromatic rings. The Bertz CT molecular complexity index is 1310. The second-order valence-corrected chi connectivity index (χ2v) is 8.71. The van der Waals surface area contributed by atoms with Crippen molar-refractivity contribution in [1.82, 2.24) is 20.1 Å². The standard InChI is InChI=1S/C27H31N5O4/c1-18(2)32-26-23(15-29-32)25(31-27(34)36-16-19-8-5-4-6-9-19)13-24(30-26)20-10-7-11-22(12-20)35-17-21(33)14-28-3/h4-13,15,18,21,28,33H,14,16-17H2,1-3H3,(H,30,31,34). The number of ether oxygens (including phenoxy) is 2. The van der Waals surface area contributed by atoms with Crippen molar-refractivity contribution in [2.45, 2.75) is 32.6 Å². The zero-order valence-corrected chi connectivity index (χ0v) is 20.6. The number of nitrogens with one attached hydrogen (secondary N) is 2. The number of hydrogen-bond donors (Lipinski definition) is 3. The molecule has 0 bridgehead atoms. The molecule has 0 aliphatic heterocycles. The monoisotopic (exact) mass is 489 g/mol. The SMILES string of the molecule is CNCC(O)COc1cccc(-c2cc(NC(=O)OCc3ccccc3)c3cnn(C(C)C)c3n2)c1. The van der Waals surface area contributed by atoms with Gasteiger partial charge in [0.25, 0.3) is 0 Å². The summed E-state index contributed by atoms with van der Waals surface area (Å²) in [6, 6.07) is 18.8. The van der Waals surface area contributed by atoms with E-state index in [0.717, 1.165) is 11.1 Å². The minimum Gasteiger partial charge on any atom is -0.491 e. The lowest BCUT2D eigenvalue weighted by Crippen LogP contribution is -2.29. The summed E-state index contributed by atoms with van der Waals surface area (Å²) in [4.78, 5) is 17.5. The molecule has 2 aromatic carbocycles. The molecule has 4 rings (SSSR count). The predicted octanol–water partition coefficient (Wildman–Crippen LogP) is 4.39. The van der Waals surface area contributed by atoms with Gasteiger partial charge < -0.3 is 19.9 Å². The number of likely N-dealkylation sites (N-methyl/N-ethyl adjacent to an activating group) is 1. The second kappa shape index (κ2) is 11.7. The Morgan fingerprint density at radius 3 is 2.67 bits per heavy atom. The molecule has 0 radical (unpaired) electrons. The van der Waals surface area contributed by atoms with Gasteiger partial charge in [-0.25, -0.2) is 14.5 Å². The Balaban J connectivity index is 1.61. The van der Waals surface area contributed by atoms with E-state index in [1.165, 1.54) is 0 Å². The van der Waals surface area contributed by atoms with Gasteiger partial charge in [0.2, 0.25) is 0 Å². The number of aliphatic hydroxyl groups is 1. The lowest BCUT2D eigenvalue weighted by Gasteiger charge is -2.14. The fourth-order valence-electron chi connectivity index (χ4n) is 3.75. The van der Waals surface area contributed by atoms with Crippen molar-refractivity contribution in [2.24, 2.45) is 0 Å². The van der Waals surface area contributed by atoms with Crippen molar-refractivity contribution in [2.75, 3.05) is 25.5 Å². The van der Waals surface area contributed by atoms with Crippen LogP contribution in [0.3, 0.4) is 0 Å². The molecule has 0 aliphatic rings. The first-order valence-electron chi connectivity index (χ1n) is 11.9. The number of hydrogen-bond acceptors (Lipinski definition) is 7. The van der Waals surface area contributed by atoms with Crippen molar-refractivity contribution < 1.29 is 19.4 Å². The molecule has 0 spiro atoms. The molecule has 1 amide bonds. The third-order valence-electron chi connectivity index (χ3n) is 5.52. The fourth-order valence-corrected chi connectivity index (χ4v) is 3.75. The molecule has 1 atom stereocenters. The van der Waals surface area contributed by atoms with Crippen molar-refractivity contribution >= 4 is 22.8 Å². The maximum absolute atomic E-state index is 12.6. The van der Waals surface area contributed by atoms with E-state index in [1.807, 2.05) is 73.1 Å². The summed E-state index contributed by atoms with van der Waals surface area (Å²) in [5.41, 5.74) is 3.55. The molecule has 0 saturated carbocycles. The maximum atomic E-state index is 12.6. The third kappa shape index (κ3) is 6.18. The van der Waals surface area contributed by atoms with E-state index in [0.29, 0.717) is 34.7 Å². The van der Waals surface area contributed by atoms with Crippen molar-refractivity contribution in [3.8, 4) is 17.0 Å². The van der Waals surface area contributed by atoms with Gasteiger partial charge in [0.1, 0.15) is 25.1 Å². The van der Waals surface area contributed by atoms with Crippen LogP contribution in [0.2, 0.25) is 0 Å². The normalized spacial score (nSPS) is 12.0. The summed E-state index contributed by atoms with van der Waals surface area (Å²) in [5, 5.41) is 20.9. The number of pyridine rings is 1. The summed E-state index contributed by atoms with van der Waals surface area (Å²) in [7, 11) is 1.77. The van der Waals surface area contributed by atoms with Crippen LogP contribution in [0.5, 0.6) is 5.75 Å². The largest absolute Gasteiger partial charge is 0.491 e. The van der Waals surface area contributed by atoms with Crippen LogP contribution in [-0.2, 0) is 11.3 Å². The quantitative estimate of drug-likeness (QED) is 0.303. The molecule has 0 saturated heterocycles. The van der Waals surface area contributed by atoms with Crippen LogP contribution in [0.4, 0.5) is 10.5 Å². The van der Waals surface area contributed by atoms with Crippen LogP contribution in [0.15, 0.2) is 66.9 Å². The lowest BCUT2D eigenvalue weighted by molar-refractivity contribution is 0.108. The number of carbonyl (C=O) groups is 1. The highest BCUT2D eigenvalue weighted by atomic mass is 16.5. The molecule has 1 unspecified atom stereocenters. The van der Waals surface area contributed by atoms with Crippen LogP contribution in [0.1, 0.15) is 25.5 Å². The minimum atomic E-state index is -0.619. The topological polar surface area (TPSA) is 111 Å². The average Bonchev–Trinajstić information content (AvgIpc) is 3.32. The van der Waals surface area contributed by atoms with Crippen LogP contribution in [0.25, 0.3) is 22.3 Å². The molecule has 0 fully saturated rings. The number of rotatable bonds is 10. The van der Waals surface area contributed by atoms with Crippen molar-refractivity contribution in [3.05, 3.63) is 72.4 Å². The third-order valence-corrected chi connectivity index (χ3v) is 5.52. The number of carbonyl (C=O) groups excluding carboxylic acids is 1. The van der Waals surface area contributed by atoms with Gasteiger partial charge in [-0.15, -0.1) is 0 Å². The van der Waals surface area contributed by atoms with E-state index in [1.54, 1.807) is 19.3 Å². The Hall–Kier alpha value is -3.95. The number of aromatic nitrogens is 3. The Kier molecular flexibility index (Phi) is 8.14. The van der Waals surface area contributed by atoms with E-state index in [4.69, 9.17) is 14.5 Å². The Morgan fingerprint density at radius 1 is 1.11 bits per heavy atom. The lowest BCUT2D eigenvalue weighted by atomic mass is 10.1. The highest BCUT2D eigenvalue weighted by Gasteiger charge is 2.17. The summed E-state index contributed by atoms with van der Waals surface area (Å²) >= 11 is 0. The Labute approximate surface area is 210 Å². The minimum absolute atomic E-state index is 0.0754. The number of nitrogens with zero attached hydrogens (tertiary/aromatic N) is 3. The molecule has 9 heteroatoms. The highest BCUT2D eigenvalue weighted by Crippen LogP contribution is 2.31. The first kappa shape index (κ1) is 25.2. The number of anilines is 1. The molecule has 0 aliphatic carbocycles. The second-order valence-electron chi connectivity index (χ2n) is 8.71. The molecular weight excluding hydrogens is 458 g/mol. The van der Waals surface area contributed by atoms with E-state index < -0.39 is 12.2 Å². The van der Waals surface area contributed by atoms with Gasteiger partial charge in [0.05, 0.1) is 23.0 Å². The van der Waals surface area contributed by atoms with E-state index in [2.05, 4.69) is 15.7 Å². The molecule has 2 aromatic heterocycles. The van der Waals surface area contributed by atoms with Gasteiger partial charge in [-0.1, -0.05) is 42.5 Å². The average molecular weight is 490 g/mol. The fraction of sp³-hybridized carbons (Fsp3) is 0.296. The maximum Gasteiger partial charge on any atom is 0.411 e. The number of aliphatic hydroxyl groups excluding tert-OH is 1. The molecule has 2 heterocycles. The number of amides is 1. The first-order chi connectivity index (χ1) is 17.4. The smallest absolute Gasteiger partial charge is 0.411 e. The molecule has 188 valence electrons. The summed E-state index contributed by atoms with van der Waals surface area (Å²) in [5.74, 6) is 0.610. The van der Waals surface area contributed by atoms with Gasteiger partial charge >= 0.3 is 6.09 Å². The van der Waals surface area contributed by atoms with Crippen LogP contribution < -0.4 is 15.4 Å². The van der Waals surface area contributed by atoms with Gasteiger partial charge in [-0.05, 0) is 44.7 Å². The van der Waals surface area contributed by atoms with E-state index in [9.17, 15) is 9.90 Å². The van der Waals surface area contributed by atoms with Gasteiger partial charge in [-0.2, -0.15) is 5.10 Å². The van der Waals surface area contributed by atoms with E-state index in [-0.39, 0.29) is 19.3 Å². The summed E-state index contributed by atoms with van der Waals surface area (Å²) < 4.78 is 13.0. The molecule has 9 nitrogen and oxygen atoms in total. The van der Waals surface area contributed by atoms with Gasteiger partial charge in [0.15, 0.2) is 5.65 Å². The molecule has 3 N–H and O–H groups in total. The van der Waals surface area contributed by atoms with Crippen LogP contribution in [-0.4, -0.2) is 52.3 Å². The van der Waals surface area contributed by atoms with Crippen LogP contribution >= 0.6 is 0 Å². The first-order valence-corrected chi connectivity index (χ1v) is 11.9. The van der Waals surface area contributed by atoms with Crippen molar-refractivity contribution in [1.29, 1.82) is 0 Å². The van der Waals surface area contributed by atoms with Gasteiger partial charge in [-0.3, -0.25) is 5.32 Å². The van der Waals surface area contributed by atoms with Crippen LogP contribution in [0, 0.1) is 0 Å². The van der Waals surface area contributed by atoms with Crippen molar-refractivity contribution in [3.63, 3.8) is 0 Å². The molecule has 36 heavy (non-hydrogen) atoms. The zero-order valence-electron chi connectivity index (χ0n) is 20.6. The zero-order chi connectivity index (χ0) is 25.5. The predicted molar refractivity (Wildman–Crippen MR) is 139 cm³/mol. The number of benzene rings is 2. The molecular formula is C27H31N5O4.